The van der Waals surface area contributed by atoms with Crippen LogP contribution in [0.5, 0.6) is 0 Å². The highest BCUT2D eigenvalue weighted by molar-refractivity contribution is 5.75. The summed E-state index contributed by atoms with van der Waals surface area (Å²) < 4.78 is 0. The average molecular weight is 192 g/mol. The summed E-state index contributed by atoms with van der Waals surface area (Å²) in [5.74, 6) is 0. The van der Waals surface area contributed by atoms with Crippen LogP contribution in [-0.2, 0) is 0 Å². The minimum atomic E-state index is -0.708. The second-order valence-corrected chi connectivity index (χ2v) is 3.30. The van der Waals surface area contributed by atoms with Gasteiger partial charge in [0.1, 0.15) is 5.52 Å². The molecule has 5 nitrogen and oxygen atoms in total. The molecule has 2 atom stereocenters. The van der Waals surface area contributed by atoms with Gasteiger partial charge in [0.05, 0.1) is 6.10 Å². The van der Waals surface area contributed by atoms with Gasteiger partial charge in [0.25, 0.3) is 0 Å². The summed E-state index contributed by atoms with van der Waals surface area (Å²) in [7, 11) is 0. The fourth-order valence-corrected chi connectivity index (χ4v) is 1.38. The van der Waals surface area contributed by atoms with E-state index in [1.807, 2.05) is 0 Å². The van der Waals surface area contributed by atoms with E-state index in [1.165, 1.54) is 0 Å². The average Bonchev–Trinajstić information content (AvgIpc) is 2.60. The fraction of sp³-hybridized carbons (Fsp3) is 0.333. The summed E-state index contributed by atoms with van der Waals surface area (Å²) >= 11 is 0. The molecule has 0 fully saturated rings. The van der Waals surface area contributed by atoms with Gasteiger partial charge in [-0.15, -0.1) is 0 Å². The zero-order valence-electron chi connectivity index (χ0n) is 7.81. The van der Waals surface area contributed by atoms with Crippen molar-refractivity contribution in [3.05, 3.63) is 24.2 Å². The maximum absolute atomic E-state index is 9.77. The Labute approximate surface area is 81.0 Å². The first-order valence-electron chi connectivity index (χ1n) is 4.42. The van der Waals surface area contributed by atoms with Gasteiger partial charge in [0.2, 0.25) is 0 Å². The molecule has 14 heavy (non-hydrogen) atoms. The molecule has 2 aromatic rings. The van der Waals surface area contributed by atoms with Crippen molar-refractivity contribution in [3.63, 3.8) is 0 Å². The topological polar surface area (TPSA) is 87.8 Å². The van der Waals surface area contributed by atoms with E-state index in [2.05, 4.69) is 15.0 Å². The van der Waals surface area contributed by atoms with Crippen LogP contribution in [0.4, 0.5) is 0 Å². The summed E-state index contributed by atoms with van der Waals surface area (Å²) in [4.78, 5) is 11.1. The molecule has 0 saturated carbocycles. The Bertz CT molecular complexity index is 437. The summed E-state index contributed by atoms with van der Waals surface area (Å²) in [6, 6.07) is -0.323. The van der Waals surface area contributed by atoms with Crippen molar-refractivity contribution in [3.8, 4) is 0 Å². The molecular formula is C9H12N4O. The third-order valence-electron chi connectivity index (χ3n) is 2.15. The molecule has 0 aromatic carbocycles. The van der Waals surface area contributed by atoms with Crippen LogP contribution in [0.1, 0.15) is 18.6 Å². The third kappa shape index (κ3) is 1.36. The van der Waals surface area contributed by atoms with E-state index >= 15 is 0 Å². The number of aromatic amines is 1. The van der Waals surface area contributed by atoms with Gasteiger partial charge in [0.15, 0.2) is 5.65 Å². The standard InChI is InChI=1S/C9H12N4O/c1-5(10)8(14)6-4-13-9-7(6)11-2-3-12-9/h2-5,8,14H,10H2,1H3,(H,12,13). The lowest BCUT2D eigenvalue weighted by molar-refractivity contribution is 0.154. The molecular weight excluding hydrogens is 180 g/mol. The number of nitrogens with two attached hydrogens (primary N) is 1. The molecule has 0 bridgehead atoms. The monoisotopic (exact) mass is 192 g/mol. The lowest BCUT2D eigenvalue weighted by atomic mass is 10.1. The lowest BCUT2D eigenvalue weighted by Crippen LogP contribution is -2.24. The Morgan fingerprint density at radius 1 is 1.43 bits per heavy atom. The number of hydrogen-bond donors (Lipinski definition) is 3. The smallest absolute Gasteiger partial charge is 0.156 e. The highest BCUT2D eigenvalue weighted by Gasteiger charge is 2.17. The van der Waals surface area contributed by atoms with Crippen LogP contribution in [0.3, 0.4) is 0 Å². The Morgan fingerprint density at radius 2 is 2.14 bits per heavy atom. The highest BCUT2D eigenvalue weighted by atomic mass is 16.3. The number of hydrogen-bond acceptors (Lipinski definition) is 4. The minimum absolute atomic E-state index is 0.323. The first kappa shape index (κ1) is 9.11. The predicted octanol–water partition coefficient (Wildman–Crippen LogP) is 0.339. The van der Waals surface area contributed by atoms with Crippen molar-refractivity contribution in [1.29, 1.82) is 0 Å². The molecule has 2 rings (SSSR count). The van der Waals surface area contributed by atoms with E-state index in [4.69, 9.17) is 5.73 Å². The zero-order valence-corrected chi connectivity index (χ0v) is 7.81. The molecule has 0 spiro atoms. The Hall–Kier alpha value is -1.46. The Morgan fingerprint density at radius 3 is 2.86 bits per heavy atom. The van der Waals surface area contributed by atoms with Gasteiger partial charge < -0.3 is 15.8 Å². The molecule has 2 unspecified atom stereocenters. The van der Waals surface area contributed by atoms with Crippen LogP contribution >= 0.6 is 0 Å². The van der Waals surface area contributed by atoms with Crippen LogP contribution in [0.2, 0.25) is 0 Å². The predicted molar refractivity (Wildman–Crippen MR) is 52.5 cm³/mol. The molecule has 0 amide bonds. The van der Waals surface area contributed by atoms with Crippen LogP contribution in [-0.4, -0.2) is 26.1 Å². The Balaban J connectivity index is 2.53. The second kappa shape index (κ2) is 3.36. The normalized spacial score (nSPS) is 15.6. The van der Waals surface area contributed by atoms with E-state index in [0.717, 1.165) is 0 Å². The summed E-state index contributed by atoms with van der Waals surface area (Å²) in [6.07, 6.45) is 4.17. The van der Waals surface area contributed by atoms with Crippen LogP contribution in [0.25, 0.3) is 11.2 Å². The zero-order chi connectivity index (χ0) is 10.1. The third-order valence-corrected chi connectivity index (χ3v) is 2.15. The number of nitrogens with one attached hydrogen (secondary N) is 1. The number of aliphatic hydroxyl groups excluding tert-OH is 1. The molecule has 0 saturated heterocycles. The summed E-state index contributed by atoms with van der Waals surface area (Å²) in [5.41, 5.74) is 7.65. The molecule has 74 valence electrons. The van der Waals surface area contributed by atoms with Gasteiger partial charge in [0, 0.05) is 30.2 Å². The number of H-pyrrole nitrogens is 1. The molecule has 2 aromatic heterocycles. The van der Waals surface area contributed by atoms with E-state index in [9.17, 15) is 5.11 Å². The number of fused-ring (bicyclic) bond motifs is 1. The molecule has 0 aliphatic heterocycles. The quantitative estimate of drug-likeness (QED) is 0.640. The van der Waals surface area contributed by atoms with Crippen LogP contribution in [0, 0.1) is 0 Å². The molecule has 4 N–H and O–H groups in total. The van der Waals surface area contributed by atoms with Crippen molar-refractivity contribution in [2.45, 2.75) is 19.1 Å². The van der Waals surface area contributed by atoms with E-state index in [0.29, 0.717) is 16.7 Å². The SMILES string of the molecule is CC(N)C(O)c1c[nH]c2nccnc12. The molecule has 0 aliphatic rings. The van der Waals surface area contributed by atoms with Crippen LogP contribution < -0.4 is 5.73 Å². The lowest BCUT2D eigenvalue weighted by Gasteiger charge is -2.12. The fourth-order valence-electron chi connectivity index (χ4n) is 1.38. The number of aromatic nitrogens is 3. The summed E-state index contributed by atoms with van der Waals surface area (Å²) in [6.45, 7) is 1.75. The van der Waals surface area contributed by atoms with Crippen molar-refractivity contribution < 1.29 is 5.11 Å². The molecule has 5 heteroatoms. The van der Waals surface area contributed by atoms with Crippen LogP contribution in [0.15, 0.2) is 18.6 Å². The summed E-state index contributed by atoms with van der Waals surface area (Å²) in [5, 5.41) is 9.77. The van der Waals surface area contributed by atoms with Crippen molar-refractivity contribution >= 4 is 11.2 Å². The second-order valence-electron chi connectivity index (χ2n) is 3.30. The Kier molecular flexibility index (Phi) is 2.18. The van der Waals surface area contributed by atoms with Gasteiger partial charge in [-0.05, 0) is 6.92 Å². The van der Waals surface area contributed by atoms with Crippen molar-refractivity contribution in [2.75, 3.05) is 0 Å². The molecule has 2 heterocycles. The number of rotatable bonds is 2. The van der Waals surface area contributed by atoms with Crippen molar-refractivity contribution in [1.82, 2.24) is 15.0 Å². The van der Waals surface area contributed by atoms with E-state index in [-0.39, 0.29) is 6.04 Å². The van der Waals surface area contributed by atoms with Gasteiger partial charge in [-0.25, -0.2) is 4.98 Å². The first-order chi connectivity index (χ1) is 6.70. The maximum Gasteiger partial charge on any atom is 0.156 e. The van der Waals surface area contributed by atoms with Crippen molar-refractivity contribution in [2.24, 2.45) is 5.73 Å². The number of nitrogens with zero attached hydrogens (tertiary/aromatic N) is 2. The van der Waals surface area contributed by atoms with Gasteiger partial charge in [-0.3, -0.25) is 4.98 Å². The molecule has 0 aliphatic carbocycles. The van der Waals surface area contributed by atoms with Gasteiger partial charge in [-0.1, -0.05) is 0 Å². The highest BCUT2D eigenvalue weighted by Crippen LogP contribution is 2.22. The van der Waals surface area contributed by atoms with Gasteiger partial charge >= 0.3 is 0 Å². The van der Waals surface area contributed by atoms with E-state index < -0.39 is 6.10 Å². The number of aliphatic hydroxyl groups is 1. The van der Waals surface area contributed by atoms with Gasteiger partial charge in [-0.2, -0.15) is 0 Å². The first-order valence-corrected chi connectivity index (χ1v) is 4.42. The minimum Gasteiger partial charge on any atom is -0.387 e. The van der Waals surface area contributed by atoms with E-state index in [1.54, 1.807) is 25.5 Å². The maximum atomic E-state index is 9.77. The largest absolute Gasteiger partial charge is 0.387 e. The molecule has 0 radical (unpaired) electrons.